The van der Waals surface area contributed by atoms with Crippen LogP contribution in [-0.4, -0.2) is 20.5 Å². The molecule has 0 saturated heterocycles. The van der Waals surface area contributed by atoms with Gasteiger partial charge < -0.3 is 0 Å². The molecule has 0 amide bonds. The predicted octanol–water partition coefficient (Wildman–Crippen LogP) is 1.78. The largest absolute Gasteiger partial charge is 0.293 e. The van der Waals surface area contributed by atoms with Crippen LogP contribution in [0, 0.1) is 6.92 Å². The maximum Gasteiger partial charge on any atom is 0.178 e. The molecule has 0 fully saturated rings. The molecule has 0 radical (unpaired) electrons. The molecule has 2 aromatic heterocycles. The van der Waals surface area contributed by atoms with Crippen molar-refractivity contribution in [3.05, 3.63) is 41.9 Å². The van der Waals surface area contributed by atoms with Crippen LogP contribution in [0.4, 0.5) is 0 Å². The maximum atomic E-state index is 11.1. The van der Waals surface area contributed by atoms with Crippen LogP contribution in [0.2, 0.25) is 0 Å². The Kier molecular flexibility index (Phi) is 2.33. The van der Waals surface area contributed by atoms with E-state index in [4.69, 9.17) is 0 Å². The predicted molar refractivity (Wildman–Crippen MR) is 56.1 cm³/mol. The van der Waals surface area contributed by atoms with Crippen molar-refractivity contribution in [3.8, 4) is 5.82 Å². The molecule has 0 aliphatic rings. The first-order valence-electron chi connectivity index (χ1n) is 4.66. The molecule has 76 valence electrons. The molecule has 0 spiro atoms. The number of hydrogen-bond acceptors (Lipinski definition) is 3. The van der Waals surface area contributed by atoms with Crippen molar-refractivity contribution in [2.75, 3.05) is 0 Å². The molecule has 4 nitrogen and oxygen atoms in total. The van der Waals surface area contributed by atoms with Crippen LogP contribution < -0.4 is 0 Å². The standard InChI is InChI=1S/C11H11N3O/c1-8-6-12-14(7-8)11-5-3-4-10(13-11)9(2)15/h3-7H,1-2H3. The number of hydrogen-bond donors (Lipinski definition) is 0. The Morgan fingerprint density at radius 3 is 2.80 bits per heavy atom. The Hall–Kier alpha value is -1.97. The van der Waals surface area contributed by atoms with E-state index in [0.29, 0.717) is 11.5 Å². The highest BCUT2D eigenvalue weighted by Crippen LogP contribution is 2.06. The summed E-state index contributed by atoms with van der Waals surface area (Å²) in [6.45, 7) is 3.46. The van der Waals surface area contributed by atoms with Crippen molar-refractivity contribution in [3.63, 3.8) is 0 Å². The molecule has 2 rings (SSSR count). The molecule has 0 bridgehead atoms. The quantitative estimate of drug-likeness (QED) is 0.696. The molecule has 15 heavy (non-hydrogen) atoms. The number of aryl methyl sites for hydroxylation is 1. The number of carbonyl (C=O) groups excluding carboxylic acids is 1. The first-order valence-corrected chi connectivity index (χ1v) is 4.66. The van der Waals surface area contributed by atoms with Gasteiger partial charge in [-0.3, -0.25) is 4.79 Å². The topological polar surface area (TPSA) is 47.8 Å². The zero-order chi connectivity index (χ0) is 10.8. The van der Waals surface area contributed by atoms with Gasteiger partial charge >= 0.3 is 0 Å². The third kappa shape index (κ3) is 1.93. The first kappa shape index (κ1) is 9.58. The highest BCUT2D eigenvalue weighted by Gasteiger charge is 2.04. The summed E-state index contributed by atoms with van der Waals surface area (Å²) >= 11 is 0. The van der Waals surface area contributed by atoms with Gasteiger partial charge in [0.05, 0.1) is 6.20 Å². The normalized spacial score (nSPS) is 10.3. The minimum atomic E-state index is -0.0410. The summed E-state index contributed by atoms with van der Waals surface area (Å²) in [6.07, 6.45) is 3.62. The van der Waals surface area contributed by atoms with Crippen LogP contribution in [0.15, 0.2) is 30.6 Å². The van der Waals surface area contributed by atoms with Gasteiger partial charge in [0.2, 0.25) is 0 Å². The Balaban J connectivity index is 2.45. The van der Waals surface area contributed by atoms with E-state index in [1.807, 2.05) is 19.2 Å². The average molecular weight is 201 g/mol. The van der Waals surface area contributed by atoms with Gasteiger partial charge in [-0.15, -0.1) is 0 Å². The lowest BCUT2D eigenvalue weighted by atomic mass is 10.3. The molecule has 0 aliphatic carbocycles. The van der Waals surface area contributed by atoms with Gasteiger partial charge in [-0.25, -0.2) is 9.67 Å². The van der Waals surface area contributed by atoms with Crippen LogP contribution in [0.25, 0.3) is 5.82 Å². The molecule has 0 unspecified atom stereocenters. The smallest absolute Gasteiger partial charge is 0.178 e. The Morgan fingerprint density at radius 2 is 2.20 bits per heavy atom. The van der Waals surface area contributed by atoms with Gasteiger partial charge in [-0.2, -0.15) is 5.10 Å². The molecule has 4 heteroatoms. The molecular formula is C11H11N3O. The maximum absolute atomic E-state index is 11.1. The summed E-state index contributed by atoms with van der Waals surface area (Å²) < 4.78 is 1.65. The second kappa shape index (κ2) is 3.65. The van der Waals surface area contributed by atoms with E-state index in [1.165, 1.54) is 6.92 Å². The number of Topliss-reactive ketones (excluding diaryl/α,β-unsaturated/α-hetero) is 1. The molecule has 0 aliphatic heterocycles. The van der Waals surface area contributed by atoms with Crippen molar-refractivity contribution >= 4 is 5.78 Å². The van der Waals surface area contributed by atoms with Crippen molar-refractivity contribution in [2.24, 2.45) is 0 Å². The molecular weight excluding hydrogens is 190 g/mol. The molecule has 0 aromatic carbocycles. The van der Waals surface area contributed by atoms with E-state index < -0.39 is 0 Å². The number of pyridine rings is 1. The van der Waals surface area contributed by atoms with Crippen molar-refractivity contribution in [1.82, 2.24) is 14.8 Å². The summed E-state index contributed by atoms with van der Waals surface area (Å²) in [5.74, 6) is 0.622. The number of carbonyl (C=O) groups is 1. The van der Waals surface area contributed by atoms with Gasteiger partial charge in [0.25, 0.3) is 0 Å². The van der Waals surface area contributed by atoms with E-state index in [-0.39, 0.29) is 5.78 Å². The number of nitrogens with zero attached hydrogens (tertiary/aromatic N) is 3. The summed E-state index contributed by atoms with van der Waals surface area (Å²) in [4.78, 5) is 15.3. The van der Waals surface area contributed by atoms with Gasteiger partial charge in [-0.1, -0.05) is 6.07 Å². The summed E-state index contributed by atoms with van der Waals surface area (Å²) in [6, 6.07) is 5.32. The second-order valence-electron chi connectivity index (χ2n) is 3.40. The third-order valence-electron chi connectivity index (χ3n) is 2.04. The lowest BCUT2D eigenvalue weighted by Crippen LogP contribution is -2.03. The van der Waals surface area contributed by atoms with Crippen molar-refractivity contribution in [1.29, 1.82) is 0 Å². The Labute approximate surface area is 87.6 Å². The minimum absolute atomic E-state index is 0.0410. The fraction of sp³-hybridized carbons (Fsp3) is 0.182. The number of rotatable bonds is 2. The average Bonchev–Trinajstić information content (AvgIpc) is 2.65. The van der Waals surface area contributed by atoms with E-state index in [1.54, 1.807) is 23.0 Å². The first-order chi connectivity index (χ1) is 7.16. The van der Waals surface area contributed by atoms with E-state index >= 15 is 0 Å². The van der Waals surface area contributed by atoms with Gasteiger partial charge in [0.15, 0.2) is 11.6 Å². The minimum Gasteiger partial charge on any atom is -0.293 e. The van der Waals surface area contributed by atoms with Gasteiger partial charge in [-0.05, 0) is 24.6 Å². The molecule has 0 N–H and O–H groups in total. The fourth-order valence-corrected chi connectivity index (χ4v) is 1.29. The Bertz CT molecular complexity index is 502. The molecule has 2 aromatic rings. The SMILES string of the molecule is CC(=O)c1cccc(-n2cc(C)cn2)n1. The van der Waals surface area contributed by atoms with E-state index in [9.17, 15) is 4.79 Å². The Morgan fingerprint density at radius 1 is 1.40 bits per heavy atom. The van der Waals surface area contributed by atoms with Crippen molar-refractivity contribution in [2.45, 2.75) is 13.8 Å². The lowest BCUT2D eigenvalue weighted by Gasteiger charge is -2.01. The zero-order valence-electron chi connectivity index (χ0n) is 8.64. The summed E-state index contributed by atoms with van der Waals surface area (Å²) in [5.41, 5.74) is 1.52. The van der Waals surface area contributed by atoms with Crippen molar-refractivity contribution < 1.29 is 4.79 Å². The van der Waals surface area contributed by atoms with E-state index in [0.717, 1.165) is 5.56 Å². The second-order valence-corrected chi connectivity index (χ2v) is 3.40. The summed E-state index contributed by atoms with van der Waals surface area (Å²) in [7, 11) is 0. The zero-order valence-corrected chi connectivity index (χ0v) is 8.64. The van der Waals surface area contributed by atoms with Crippen LogP contribution >= 0.6 is 0 Å². The van der Waals surface area contributed by atoms with Crippen LogP contribution in [0.1, 0.15) is 23.0 Å². The van der Waals surface area contributed by atoms with Crippen LogP contribution in [0.5, 0.6) is 0 Å². The highest BCUT2D eigenvalue weighted by atomic mass is 16.1. The number of aromatic nitrogens is 3. The lowest BCUT2D eigenvalue weighted by molar-refractivity contribution is 0.101. The fourth-order valence-electron chi connectivity index (χ4n) is 1.29. The molecule has 2 heterocycles. The number of ketones is 1. The molecule has 0 saturated carbocycles. The third-order valence-corrected chi connectivity index (χ3v) is 2.04. The molecule has 0 atom stereocenters. The van der Waals surface area contributed by atoms with E-state index in [2.05, 4.69) is 10.1 Å². The summed E-state index contributed by atoms with van der Waals surface area (Å²) in [5, 5.41) is 4.13. The monoisotopic (exact) mass is 201 g/mol. The van der Waals surface area contributed by atoms with Gasteiger partial charge in [0, 0.05) is 13.1 Å². The highest BCUT2D eigenvalue weighted by molar-refractivity contribution is 5.92. The van der Waals surface area contributed by atoms with Crippen LogP contribution in [0.3, 0.4) is 0 Å². The van der Waals surface area contributed by atoms with Crippen LogP contribution in [-0.2, 0) is 0 Å². The van der Waals surface area contributed by atoms with Gasteiger partial charge in [0.1, 0.15) is 5.69 Å².